The maximum atomic E-state index is 12.5. The predicted molar refractivity (Wildman–Crippen MR) is 94.5 cm³/mol. The molecule has 24 heavy (non-hydrogen) atoms. The van der Waals surface area contributed by atoms with Crippen LogP contribution in [-0.2, 0) is 11.2 Å². The van der Waals surface area contributed by atoms with E-state index in [-0.39, 0.29) is 24.0 Å². The van der Waals surface area contributed by atoms with Crippen LogP contribution in [0.4, 0.5) is 4.79 Å². The Morgan fingerprint density at radius 2 is 1.92 bits per heavy atom. The van der Waals surface area contributed by atoms with Gasteiger partial charge in [-0.3, -0.25) is 9.69 Å². The van der Waals surface area contributed by atoms with Gasteiger partial charge < -0.3 is 10.6 Å². The van der Waals surface area contributed by atoms with Crippen molar-refractivity contribution in [3.8, 4) is 0 Å². The standard InChI is InChI=1S/C19H29N3O2/c1-5-6-15-7-9-16(10-8-15)17(13(2)3)21-14(4)18(23)22-12-11-20-19(22)24/h7-10,13-14,17,21H,5-6,11-12H2,1-4H3,(H,20,24)/p+1/t14-,17-/m0/s1. The van der Waals surface area contributed by atoms with Crippen LogP contribution in [0.5, 0.6) is 0 Å². The van der Waals surface area contributed by atoms with E-state index < -0.39 is 0 Å². The molecule has 0 aromatic heterocycles. The van der Waals surface area contributed by atoms with E-state index in [9.17, 15) is 9.59 Å². The summed E-state index contributed by atoms with van der Waals surface area (Å²) in [4.78, 5) is 25.5. The molecular weight excluding hydrogens is 302 g/mol. The number of nitrogens with zero attached hydrogens (tertiary/aromatic N) is 1. The van der Waals surface area contributed by atoms with Crippen LogP contribution < -0.4 is 10.6 Å². The molecule has 0 saturated carbocycles. The Labute approximate surface area is 144 Å². The second-order valence-electron chi connectivity index (χ2n) is 6.96. The second kappa shape index (κ2) is 8.29. The first-order valence-electron chi connectivity index (χ1n) is 8.97. The topological polar surface area (TPSA) is 66.0 Å². The summed E-state index contributed by atoms with van der Waals surface area (Å²) in [5, 5.41) is 4.77. The summed E-state index contributed by atoms with van der Waals surface area (Å²) in [6.07, 6.45) is 2.23. The summed E-state index contributed by atoms with van der Waals surface area (Å²) in [7, 11) is 0. The number of hydrogen-bond donors (Lipinski definition) is 2. The number of carbonyl (C=O) groups excluding carboxylic acids is 2. The third-order valence-corrected chi connectivity index (χ3v) is 4.63. The summed E-state index contributed by atoms with van der Waals surface area (Å²) in [6.45, 7) is 9.41. The van der Waals surface area contributed by atoms with E-state index in [1.165, 1.54) is 16.0 Å². The summed E-state index contributed by atoms with van der Waals surface area (Å²) >= 11 is 0. The van der Waals surface area contributed by atoms with Crippen LogP contribution >= 0.6 is 0 Å². The van der Waals surface area contributed by atoms with E-state index >= 15 is 0 Å². The van der Waals surface area contributed by atoms with Crippen LogP contribution in [-0.4, -0.2) is 36.0 Å². The Balaban J connectivity index is 2.07. The average molecular weight is 332 g/mol. The van der Waals surface area contributed by atoms with Crippen molar-refractivity contribution in [2.45, 2.75) is 52.6 Å². The number of nitrogens with one attached hydrogen (secondary N) is 1. The Kier molecular flexibility index (Phi) is 6.37. The van der Waals surface area contributed by atoms with Crippen LogP contribution in [0.3, 0.4) is 0 Å². The zero-order valence-corrected chi connectivity index (χ0v) is 15.2. The van der Waals surface area contributed by atoms with Gasteiger partial charge in [-0.25, -0.2) is 4.79 Å². The molecule has 132 valence electrons. The number of imide groups is 1. The zero-order valence-electron chi connectivity index (χ0n) is 15.2. The number of rotatable bonds is 7. The Hall–Kier alpha value is -1.88. The Morgan fingerprint density at radius 3 is 2.42 bits per heavy atom. The number of benzene rings is 1. The maximum absolute atomic E-state index is 12.5. The minimum atomic E-state index is -0.281. The van der Waals surface area contributed by atoms with E-state index in [0.29, 0.717) is 19.0 Å². The van der Waals surface area contributed by atoms with Crippen molar-refractivity contribution in [2.75, 3.05) is 13.1 Å². The van der Waals surface area contributed by atoms with Crippen molar-refractivity contribution in [1.29, 1.82) is 0 Å². The van der Waals surface area contributed by atoms with Crippen molar-refractivity contribution in [3.05, 3.63) is 35.4 Å². The summed E-state index contributed by atoms with van der Waals surface area (Å²) in [5.41, 5.74) is 2.58. The molecule has 0 aliphatic carbocycles. The molecule has 3 amide bonds. The van der Waals surface area contributed by atoms with Crippen LogP contribution in [0.2, 0.25) is 0 Å². The van der Waals surface area contributed by atoms with E-state index in [4.69, 9.17) is 0 Å². The van der Waals surface area contributed by atoms with Crippen molar-refractivity contribution in [2.24, 2.45) is 5.92 Å². The van der Waals surface area contributed by atoms with Crippen LogP contribution in [0, 0.1) is 5.92 Å². The lowest BCUT2D eigenvalue weighted by Gasteiger charge is -2.25. The van der Waals surface area contributed by atoms with Gasteiger partial charge in [0.05, 0.1) is 0 Å². The third-order valence-electron chi connectivity index (χ3n) is 4.63. The average Bonchev–Trinajstić information content (AvgIpc) is 2.98. The van der Waals surface area contributed by atoms with Gasteiger partial charge in [-0.05, 0) is 18.9 Å². The lowest BCUT2D eigenvalue weighted by atomic mass is 9.94. The Bertz CT molecular complexity index is 568. The van der Waals surface area contributed by atoms with Gasteiger partial charge in [0.15, 0.2) is 6.04 Å². The smallest absolute Gasteiger partial charge is 0.324 e. The van der Waals surface area contributed by atoms with Crippen molar-refractivity contribution >= 4 is 11.9 Å². The molecule has 0 spiro atoms. The Morgan fingerprint density at radius 1 is 1.25 bits per heavy atom. The maximum Gasteiger partial charge on any atom is 0.324 e. The summed E-state index contributed by atoms with van der Waals surface area (Å²) < 4.78 is 0. The molecule has 1 aliphatic heterocycles. The van der Waals surface area contributed by atoms with Crippen molar-refractivity contribution in [3.63, 3.8) is 0 Å². The molecule has 1 fully saturated rings. The molecule has 1 heterocycles. The molecule has 1 aromatic carbocycles. The van der Waals surface area contributed by atoms with E-state index in [1.54, 1.807) is 0 Å². The second-order valence-corrected chi connectivity index (χ2v) is 6.96. The van der Waals surface area contributed by atoms with Gasteiger partial charge >= 0.3 is 6.03 Å². The van der Waals surface area contributed by atoms with E-state index in [2.05, 4.69) is 55.7 Å². The van der Waals surface area contributed by atoms with Gasteiger partial charge in [0.25, 0.3) is 5.91 Å². The van der Waals surface area contributed by atoms with Gasteiger partial charge in [0.2, 0.25) is 0 Å². The summed E-state index contributed by atoms with van der Waals surface area (Å²) in [6, 6.07) is 8.36. The molecule has 0 bridgehead atoms. The number of carbonyl (C=O) groups is 2. The molecule has 1 aromatic rings. The predicted octanol–water partition coefficient (Wildman–Crippen LogP) is 1.84. The van der Waals surface area contributed by atoms with E-state index in [0.717, 1.165) is 12.8 Å². The normalized spacial score (nSPS) is 17.0. The van der Waals surface area contributed by atoms with E-state index in [1.807, 2.05) is 6.92 Å². The highest BCUT2D eigenvalue weighted by Crippen LogP contribution is 2.19. The SMILES string of the molecule is CCCc1ccc([C@@H]([NH2+][C@@H](C)C(=O)N2CCNC2=O)C(C)C)cc1. The molecule has 1 saturated heterocycles. The fraction of sp³-hybridized carbons (Fsp3) is 0.579. The lowest BCUT2D eigenvalue weighted by Crippen LogP contribution is -2.93. The van der Waals surface area contributed by atoms with Gasteiger partial charge in [0.1, 0.15) is 6.04 Å². The first-order valence-corrected chi connectivity index (χ1v) is 8.97. The van der Waals surface area contributed by atoms with Gasteiger partial charge in [-0.1, -0.05) is 51.5 Å². The monoisotopic (exact) mass is 332 g/mol. The number of aryl methyl sites for hydroxylation is 1. The zero-order chi connectivity index (χ0) is 17.7. The van der Waals surface area contributed by atoms with Crippen molar-refractivity contribution in [1.82, 2.24) is 10.2 Å². The summed E-state index contributed by atoms with van der Waals surface area (Å²) in [5.74, 6) is 0.280. The minimum Gasteiger partial charge on any atom is -0.336 e. The number of amides is 3. The fourth-order valence-electron chi connectivity index (χ4n) is 3.23. The van der Waals surface area contributed by atoms with Crippen LogP contribution in [0.1, 0.15) is 51.3 Å². The number of urea groups is 1. The first-order chi connectivity index (χ1) is 11.4. The third kappa shape index (κ3) is 4.35. The molecule has 5 heteroatoms. The van der Waals surface area contributed by atoms with Crippen LogP contribution in [0.25, 0.3) is 0 Å². The molecular formula is C19H30N3O2+. The largest absolute Gasteiger partial charge is 0.336 e. The molecule has 0 unspecified atom stereocenters. The first kappa shape index (κ1) is 18.5. The molecule has 0 radical (unpaired) electrons. The molecule has 3 N–H and O–H groups in total. The highest BCUT2D eigenvalue weighted by molar-refractivity contribution is 5.97. The molecule has 2 atom stereocenters. The van der Waals surface area contributed by atoms with Crippen molar-refractivity contribution < 1.29 is 14.9 Å². The van der Waals surface area contributed by atoms with Gasteiger partial charge in [0, 0.05) is 24.6 Å². The molecule has 2 rings (SSSR count). The molecule has 1 aliphatic rings. The van der Waals surface area contributed by atoms with Crippen LogP contribution in [0.15, 0.2) is 24.3 Å². The van der Waals surface area contributed by atoms with Gasteiger partial charge in [-0.2, -0.15) is 0 Å². The number of hydrogen-bond acceptors (Lipinski definition) is 2. The minimum absolute atomic E-state index is 0.113. The number of quaternary nitrogens is 1. The van der Waals surface area contributed by atoms with Gasteiger partial charge in [-0.15, -0.1) is 0 Å². The molecule has 5 nitrogen and oxygen atoms in total. The lowest BCUT2D eigenvalue weighted by molar-refractivity contribution is -0.719. The highest BCUT2D eigenvalue weighted by atomic mass is 16.2. The number of nitrogens with two attached hydrogens (primary N) is 1. The highest BCUT2D eigenvalue weighted by Gasteiger charge is 2.33. The fourth-order valence-corrected chi connectivity index (χ4v) is 3.23. The quantitative estimate of drug-likeness (QED) is 0.800.